The molecule has 146 valence electrons. The zero-order chi connectivity index (χ0) is 19.9. The van der Waals surface area contributed by atoms with E-state index >= 15 is 0 Å². The summed E-state index contributed by atoms with van der Waals surface area (Å²) in [5, 5.41) is 5.66. The van der Waals surface area contributed by atoms with Crippen LogP contribution >= 0.6 is 0 Å². The van der Waals surface area contributed by atoms with E-state index in [1.807, 2.05) is 19.1 Å². The summed E-state index contributed by atoms with van der Waals surface area (Å²) in [5.41, 5.74) is 2.22. The Balaban J connectivity index is 1.57. The Kier molecular flexibility index (Phi) is 6.32. The number of hydrogen-bond acceptors (Lipinski definition) is 4. The van der Waals surface area contributed by atoms with Gasteiger partial charge in [-0.05, 0) is 67.8 Å². The first-order chi connectivity index (χ1) is 13.6. The molecule has 1 aliphatic carbocycles. The van der Waals surface area contributed by atoms with E-state index in [1.165, 1.54) is 6.08 Å². The van der Waals surface area contributed by atoms with Crippen LogP contribution in [0.3, 0.4) is 0 Å². The summed E-state index contributed by atoms with van der Waals surface area (Å²) in [6.45, 7) is 2.43. The standard InChI is InChI=1S/C22H24N2O4/c1-3-28-20-14-15(4-12-19(20)27-2)5-13-21(25)23-17-8-10-18(11-9-17)24-22(26)16-6-7-16/h4-5,8-14,16H,3,6-7H2,1-2H3,(H,23,25)(H,24,26)/b13-5+. The molecular formula is C22H24N2O4. The van der Waals surface area contributed by atoms with Crippen molar-refractivity contribution in [2.75, 3.05) is 24.4 Å². The van der Waals surface area contributed by atoms with Gasteiger partial charge in [0.2, 0.25) is 11.8 Å². The number of amides is 2. The van der Waals surface area contributed by atoms with Crippen LogP contribution in [0.5, 0.6) is 11.5 Å². The molecule has 1 aliphatic rings. The molecule has 0 saturated heterocycles. The van der Waals surface area contributed by atoms with Crippen molar-refractivity contribution in [3.8, 4) is 11.5 Å². The quantitative estimate of drug-likeness (QED) is 0.676. The topological polar surface area (TPSA) is 76.7 Å². The van der Waals surface area contributed by atoms with Crippen LogP contribution in [0, 0.1) is 5.92 Å². The van der Waals surface area contributed by atoms with Crippen LogP contribution in [-0.2, 0) is 9.59 Å². The van der Waals surface area contributed by atoms with Crippen molar-refractivity contribution in [2.45, 2.75) is 19.8 Å². The molecule has 1 saturated carbocycles. The molecule has 0 radical (unpaired) electrons. The maximum atomic E-state index is 12.2. The second-order valence-electron chi connectivity index (χ2n) is 6.51. The predicted molar refractivity (Wildman–Crippen MR) is 110 cm³/mol. The van der Waals surface area contributed by atoms with Gasteiger partial charge in [-0.1, -0.05) is 6.07 Å². The molecule has 2 aromatic rings. The number of benzene rings is 2. The van der Waals surface area contributed by atoms with E-state index in [9.17, 15) is 9.59 Å². The normalized spacial score (nSPS) is 13.2. The minimum atomic E-state index is -0.247. The number of carbonyl (C=O) groups is 2. The Labute approximate surface area is 164 Å². The molecule has 6 heteroatoms. The fourth-order valence-corrected chi connectivity index (χ4v) is 2.65. The fourth-order valence-electron chi connectivity index (χ4n) is 2.65. The van der Waals surface area contributed by atoms with Crippen molar-refractivity contribution < 1.29 is 19.1 Å². The number of nitrogens with one attached hydrogen (secondary N) is 2. The molecular weight excluding hydrogens is 356 g/mol. The molecule has 28 heavy (non-hydrogen) atoms. The second kappa shape index (κ2) is 9.08. The Morgan fingerprint density at radius 1 is 1.04 bits per heavy atom. The van der Waals surface area contributed by atoms with Crippen LogP contribution in [0.25, 0.3) is 6.08 Å². The van der Waals surface area contributed by atoms with E-state index in [0.717, 1.165) is 24.1 Å². The van der Waals surface area contributed by atoms with E-state index in [-0.39, 0.29) is 17.7 Å². The van der Waals surface area contributed by atoms with E-state index < -0.39 is 0 Å². The van der Waals surface area contributed by atoms with E-state index in [0.29, 0.717) is 23.8 Å². The Morgan fingerprint density at radius 3 is 2.32 bits per heavy atom. The van der Waals surface area contributed by atoms with Crippen LogP contribution in [0.15, 0.2) is 48.5 Å². The molecule has 0 heterocycles. The monoisotopic (exact) mass is 380 g/mol. The first kappa shape index (κ1) is 19.5. The van der Waals surface area contributed by atoms with Gasteiger partial charge in [-0.2, -0.15) is 0 Å². The molecule has 3 rings (SSSR count). The first-order valence-corrected chi connectivity index (χ1v) is 9.30. The third kappa shape index (κ3) is 5.36. The zero-order valence-electron chi connectivity index (χ0n) is 16.0. The minimum Gasteiger partial charge on any atom is -0.493 e. The van der Waals surface area contributed by atoms with Gasteiger partial charge < -0.3 is 20.1 Å². The maximum absolute atomic E-state index is 12.2. The number of methoxy groups -OCH3 is 1. The van der Waals surface area contributed by atoms with Gasteiger partial charge in [0.1, 0.15) is 0 Å². The molecule has 0 spiro atoms. The lowest BCUT2D eigenvalue weighted by Crippen LogP contribution is -2.13. The average Bonchev–Trinajstić information content (AvgIpc) is 3.54. The summed E-state index contributed by atoms with van der Waals surface area (Å²) >= 11 is 0. The Morgan fingerprint density at radius 2 is 1.71 bits per heavy atom. The van der Waals surface area contributed by atoms with Crippen molar-refractivity contribution >= 4 is 29.3 Å². The maximum Gasteiger partial charge on any atom is 0.248 e. The van der Waals surface area contributed by atoms with Crippen LogP contribution in [-0.4, -0.2) is 25.5 Å². The van der Waals surface area contributed by atoms with Gasteiger partial charge in [0, 0.05) is 23.4 Å². The van der Waals surface area contributed by atoms with E-state index in [4.69, 9.17) is 9.47 Å². The number of anilines is 2. The molecule has 0 atom stereocenters. The highest BCUT2D eigenvalue weighted by Crippen LogP contribution is 2.30. The lowest BCUT2D eigenvalue weighted by molar-refractivity contribution is -0.117. The second-order valence-corrected chi connectivity index (χ2v) is 6.51. The van der Waals surface area contributed by atoms with Crippen molar-refractivity contribution in [3.05, 3.63) is 54.1 Å². The van der Waals surface area contributed by atoms with Gasteiger partial charge in [0.25, 0.3) is 0 Å². The summed E-state index contributed by atoms with van der Waals surface area (Å²) in [7, 11) is 1.59. The number of hydrogen-bond donors (Lipinski definition) is 2. The minimum absolute atomic E-state index is 0.0608. The smallest absolute Gasteiger partial charge is 0.248 e. The molecule has 2 amide bonds. The third-order valence-electron chi connectivity index (χ3n) is 4.28. The highest BCUT2D eigenvalue weighted by molar-refractivity contribution is 6.02. The Hall–Kier alpha value is -3.28. The molecule has 2 N–H and O–H groups in total. The molecule has 0 unspecified atom stereocenters. The molecule has 6 nitrogen and oxygen atoms in total. The SMILES string of the molecule is CCOc1cc(/C=C/C(=O)Nc2ccc(NC(=O)C3CC3)cc2)ccc1OC. The predicted octanol–water partition coefficient (Wildman–Crippen LogP) is 4.09. The van der Waals surface area contributed by atoms with Gasteiger partial charge >= 0.3 is 0 Å². The third-order valence-corrected chi connectivity index (χ3v) is 4.28. The molecule has 0 bridgehead atoms. The fraction of sp³-hybridized carbons (Fsp3) is 0.273. The largest absolute Gasteiger partial charge is 0.493 e. The number of rotatable bonds is 8. The van der Waals surface area contributed by atoms with Gasteiger partial charge in [-0.3, -0.25) is 9.59 Å². The summed E-state index contributed by atoms with van der Waals surface area (Å²) in [6.07, 6.45) is 5.10. The van der Waals surface area contributed by atoms with Crippen molar-refractivity contribution in [2.24, 2.45) is 5.92 Å². The first-order valence-electron chi connectivity index (χ1n) is 9.30. The highest BCUT2D eigenvalue weighted by Gasteiger charge is 2.29. The van der Waals surface area contributed by atoms with Crippen LogP contribution in [0.4, 0.5) is 11.4 Å². The summed E-state index contributed by atoms with van der Waals surface area (Å²) < 4.78 is 10.8. The zero-order valence-corrected chi connectivity index (χ0v) is 16.0. The molecule has 1 fully saturated rings. The molecule has 0 aliphatic heterocycles. The van der Waals surface area contributed by atoms with Crippen LogP contribution in [0.1, 0.15) is 25.3 Å². The summed E-state index contributed by atoms with van der Waals surface area (Å²) in [6, 6.07) is 12.5. The van der Waals surface area contributed by atoms with Crippen LogP contribution < -0.4 is 20.1 Å². The number of ether oxygens (including phenoxy) is 2. The lowest BCUT2D eigenvalue weighted by Gasteiger charge is -2.09. The summed E-state index contributed by atoms with van der Waals surface area (Å²) in [5.74, 6) is 1.26. The van der Waals surface area contributed by atoms with Gasteiger partial charge in [0.15, 0.2) is 11.5 Å². The van der Waals surface area contributed by atoms with Gasteiger partial charge in [-0.15, -0.1) is 0 Å². The highest BCUT2D eigenvalue weighted by atomic mass is 16.5. The van der Waals surface area contributed by atoms with Crippen molar-refractivity contribution in [1.29, 1.82) is 0 Å². The van der Waals surface area contributed by atoms with E-state index in [1.54, 1.807) is 43.5 Å². The van der Waals surface area contributed by atoms with E-state index in [2.05, 4.69) is 10.6 Å². The number of carbonyl (C=O) groups excluding carboxylic acids is 2. The molecule has 0 aromatic heterocycles. The molecule has 2 aromatic carbocycles. The lowest BCUT2D eigenvalue weighted by atomic mass is 10.2. The average molecular weight is 380 g/mol. The summed E-state index contributed by atoms with van der Waals surface area (Å²) in [4.78, 5) is 23.9. The Bertz CT molecular complexity index is 871. The van der Waals surface area contributed by atoms with Gasteiger partial charge in [-0.25, -0.2) is 0 Å². The van der Waals surface area contributed by atoms with Crippen molar-refractivity contribution in [1.82, 2.24) is 0 Å². The van der Waals surface area contributed by atoms with Gasteiger partial charge in [0.05, 0.1) is 13.7 Å². The van der Waals surface area contributed by atoms with Crippen LogP contribution in [0.2, 0.25) is 0 Å². The van der Waals surface area contributed by atoms with Crippen molar-refractivity contribution in [3.63, 3.8) is 0 Å².